The lowest BCUT2D eigenvalue weighted by atomic mass is 10.1. The van der Waals surface area contributed by atoms with Gasteiger partial charge in [0.05, 0.1) is 12.2 Å². The summed E-state index contributed by atoms with van der Waals surface area (Å²) in [7, 11) is 0. The van der Waals surface area contributed by atoms with E-state index in [1.807, 2.05) is 36.4 Å². The molecule has 0 saturated carbocycles. The van der Waals surface area contributed by atoms with Crippen molar-refractivity contribution in [2.45, 2.75) is 6.54 Å². The molecule has 0 atom stereocenters. The van der Waals surface area contributed by atoms with Gasteiger partial charge < -0.3 is 4.57 Å². The number of hydrogen-bond donors (Lipinski definition) is 0. The first-order chi connectivity index (χ1) is 11.2. The van der Waals surface area contributed by atoms with Crippen molar-refractivity contribution < 1.29 is 4.39 Å². The Labute approximate surface area is 132 Å². The molecule has 1 aromatic heterocycles. The summed E-state index contributed by atoms with van der Waals surface area (Å²) in [6, 6.07) is 20.6. The van der Waals surface area contributed by atoms with Gasteiger partial charge in [0.2, 0.25) is 0 Å². The fraction of sp³-hybridized carbons (Fsp3) is 0.0526. The average molecular weight is 304 g/mol. The molecule has 0 N–H and O–H groups in total. The summed E-state index contributed by atoms with van der Waals surface area (Å²) in [6.45, 7) is 0.349. The Morgan fingerprint density at radius 1 is 0.957 bits per heavy atom. The van der Waals surface area contributed by atoms with E-state index >= 15 is 0 Å². The molecule has 112 valence electrons. The third kappa shape index (κ3) is 3.04. The molecule has 4 heteroatoms. The maximum Gasteiger partial charge on any atom is 0.269 e. The van der Waals surface area contributed by atoms with Crippen LogP contribution in [0.3, 0.4) is 0 Å². The molecule has 1 heterocycles. The highest BCUT2D eigenvalue weighted by atomic mass is 19.1. The van der Waals surface area contributed by atoms with Crippen LogP contribution in [0.2, 0.25) is 0 Å². The molecule has 0 radical (unpaired) electrons. The molecular weight excluding hydrogens is 291 g/mol. The highest BCUT2D eigenvalue weighted by Crippen LogP contribution is 2.20. The van der Waals surface area contributed by atoms with Crippen LogP contribution in [0.15, 0.2) is 71.5 Å². The number of aromatic nitrogens is 1. The van der Waals surface area contributed by atoms with Gasteiger partial charge in [0.1, 0.15) is 17.4 Å². The second-order valence-corrected chi connectivity index (χ2v) is 5.13. The summed E-state index contributed by atoms with van der Waals surface area (Å²) in [5.74, 6) is -0.334. The van der Waals surface area contributed by atoms with Crippen LogP contribution in [-0.4, -0.2) is 4.57 Å². The lowest BCUT2D eigenvalue weighted by Crippen LogP contribution is -2.24. The van der Waals surface area contributed by atoms with E-state index in [-0.39, 0.29) is 16.9 Å². The third-order valence-corrected chi connectivity index (χ3v) is 3.62. The van der Waals surface area contributed by atoms with Gasteiger partial charge in [-0.25, -0.2) is 4.39 Å². The monoisotopic (exact) mass is 304 g/mol. The molecule has 0 amide bonds. The fourth-order valence-corrected chi connectivity index (χ4v) is 2.46. The summed E-state index contributed by atoms with van der Waals surface area (Å²) in [5, 5.41) is 9.09. The van der Waals surface area contributed by atoms with Gasteiger partial charge in [-0.1, -0.05) is 30.3 Å². The number of nitrogens with zero attached hydrogens (tertiary/aromatic N) is 2. The van der Waals surface area contributed by atoms with Crippen LogP contribution in [0.5, 0.6) is 0 Å². The maximum atomic E-state index is 13.1. The minimum Gasteiger partial charge on any atom is -0.303 e. The Kier molecular flexibility index (Phi) is 4.03. The van der Waals surface area contributed by atoms with Gasteiger partial charge in [0.25, 0.3) is 5.56 Å². The molecule has 0 saturated heterocycles. The first-order valence-corrected chi connectivity index (χ1v) is 7.13. The number of benzene rings is 2. The summed E-state index contributed by atoms with van der Waals surface area (Å²) < 4.78 is 14.7. The largest absolute Gasteiger partial charge is 0.303 e. The number of pyridine rings is 1. The first-order valence-electron chi connectivity index (χ1n) is 7.13. The Bertz CT molecular complexity index is 922. The quantitative estimate of drug-likeness (QED) is 0.742. The lowest BCUT2D eigenvalue weighted by molar-refractivity contribution is 0.628. The van der Waals surface area contributed by atoms with Crippen molar-refractivity contribution in [2.24, 2.45) is 0 Å². The van der Waals surface area contributed by atoms with Crippen molar-refractivity contribution in [1.82, 2.24) is 4.57 Å². The van der Waals surface area contributed by atoms with E-state index in [1.54, 1.807) is 22.8 Å². The molecular formula is C19H13FN2O. The first kappa shape index (κ1) is 14.7. The zero-order chi connectivity index (χ0) is 16.2. The van der Waals surface area contributed by atoms with Crippen LogP contribution in [0.25, 0.3) is 11.3 Å². The van der Waals surface area contributed by atoms with Crippen molar-refractivity contribution in [3.63, 3.8) is 0 Å². The standard InChI is InChI=1S/C19H13FN2O/c20-17-9-6-15(7-10-17)18-11-8-16(12-21)19(23)22(18)13-14-4-2-1-3-5-14/h1-11H,13H2. The highest BCUT2D eigenvalue weighted by Gasteiger charge is 2.11. The van der Waals surface area contributed by atoms with Gasteiger partial charge in [-0.2, -0.15) is 5.26 Å². The van der Waals surface area contributed by atoms with Gasteiger partial charge in [-0.15, -0.1) is 0 Å². The second kappa shape index (κ2) is 6.29. The number of rotatable bonds is 3. The van der Waals surface area contributed by atoms with Crippen molar-refractivity contribution in [1.29, 1.82) is 5.26 Å². The number of hydrogen-bond acceptors (Lipinski definition) is 2. The molecule has 3 nitrogen and oxygen atoms in total. The molecule has 0 aliphatic heterocycles. The highest BCUT2D eigenvalue weighted by molar-refractivity contribution is 5.60. The molecule has 0 aliphatic carbocycles. The van der Waals surface area contributed by atoms with Gasteiger partial charge >= 0.3 is 0 Å². The van der Waals surface area contributed by atoms with Crippen LogP contribution in [0, 0.1) is 17.1 Å². The summed E-state index contributed by atoms with van der Waals surface area (Å²) in [6.07, 6.45) is 0. The molecule has 0 bridgehead atoms. The van der Waals surface area contributed by atoms with E-state index in [9.17, 15) is 9.18 Å². The van der Waals surface area contributed by atoms with Crippen LogP contribution < -0.4 is 5.56 Å². The molecule has 0 fully saturated rings. The zero-order valence-electron chi connectivity index (χ0n) is 12.2. The van der Waals surface area contributed by atoms with E-state index in [2.05, 4.69) is 0 Å². The van der Waals surface area contributed by atoms with Gasteiger partial charge in [-0.3, -0.25) is 4.79 Å². The SMILES string of the molecule is N#Cc1ccc(-c2ccc(F)cc2)n(Cc2ccccc2)c1=O. The van der Waals surface area contributed by atoms with E-state index < -0.39 is 0 Å². The summed E-state index contributed by atoms with van der Waals surface area (Å²) in [4.78, 5) is 12.5. The van der Waals surface area contributed by atoms with Crippen molar-refractivity contribution in [2.75, 3.05) is 0 Å². The smallest absolute Gasteiger partial charge is 0.269 e. The topological polar surface area (TPSA) is 45.8 Å². The zero-order valence-corrected chi connectivity index (χ0v) is 12.2. The van der Waals surface area contributed by atoms with Gasteiger partial charge in [0, 0.05) is 0 Å². The molecule has 0 spiro atoms. The van der Waals surface area contributed by atoms with Crippen molar-refractivity contribution in [3.05, 3.63) is 94.0 Å². The third-order valence-electron chi connectivity index (χ3n) is 3.62. The van der Waals surface area contributed by atoms with Crippen LogP contribution in [0.4, 0.5) is 4.39 Å². The van der Waals surface area contributed by atoms with E-state index in [1.165, 1.54) is 18.2 Å². The van der Waals surface area contributed by atoms with Crippen LogP contribution in [0.1, 0.15) is 11.1 Å². The predicted molar refractivity (Wildman–Crippen MR) is 86.4 cm³/mol. The second-order valence-electron chi connectivity index (χ2n) is 5.13. The van der Waals surface area contributed by atoms with Crippen molar-refractivity contribution in [3.8, 4) is 17.3 Å². The van der Waals surface area contributed by atoms with Crippen LogP contribution in [-0.2, 0) is 6.54 Å². The van der Waals surface area contributed by atoms with Crippen molar-refractivity contribution >= 4 is 0 Å². The summed E-state index contributed by atoms with van der Waals surface area (Å²) in [5.41, 5.74) is 2.07. The molecule has 2 aromatic carbocycles. The Morgan fingerprint density at radius 2 is 1.65 bits per heavy atom. The fourth-order valence-electron chi connectivity index (χ4n) is 2.46. The summed E-state index contributed by atoms with van der Waals surface area (Å²) >= 11 is 0. The molecule has 3 aromatic rings. The number of nitriles is 1. The van der Waals surface area contributed by atoms with Gasteiger partial charge in [-0.05, 0) is 47.5 Å². The van der Waals surface area contributed by atoms with E-state index in [0.717, 1.165) is 11.1 Å². The normalized spacial score (nSPS) is 10.3. The minimum atomic E-state index is -0.349. The predicted octanol–water partition coefficient (Wildman–Crippen LogP) is 3.57. The molecule has 0 unspecified atom stereocenters. The molecule has 23 heavy (non-hydrogen) atoms. The Morgan fingerprint density at radius 3 is 2.30 bits per heavy atom. The van der Waals surface area contributed by atoms with Crippen LogP contribution >= 0.6 is 0 Å². The number of halogens is 1. The lowest BCUT2D eigenvalue weighted by Gasteiger charge is -2.13. The van der Waals surface area contributed by atoms with E-state index in [0.29, 0.717) is 12.2 Å². The Hall–Kier alpha value is -3.19. The molecule has 0 aliphatic rings. The Balaban J connectivity index is 2.16. The van der Waals surface area contributed by atoms with E-state index in [4.69, 9.17) is 5.26 Å². The molecule has 3 rings (SSSR count). The minimum absolute atomic E-state index is 0.0896. The average Bonchev–Trinajstić information content (AvgIpc) is 2.58. The van der Waals surface area contributed by atoms with Gasteiger partial charge in [0.15, 0.2) is 0 Å². The maximum absolute atomic E-state index is 13.1.